The van der Waals surface area contributed by atoms with Crippen molar-refractivity contribution in [1.29, 1.82) is 0 Å². The first kappa shape index (κ1) is 25.8. The van der Waals surface area contributed by atoms with Crippen LogP contribution < -0.4 is 10.1 Å². The lowest BCUT2D eigenvalue weighted by molar-refractivity contribution is -0.0498. The molecule has 0 spiro atoms. The van der Waals surface area contributed by atoms with E-state index in [0.717, 1.165) is 44.1 Å². The van der Waals surface area contributed by atoms with Gasteiger partial charge in [-0.3, -0.25) is 4.99 Å². The standard InChI is InChI=1S/C20H33F2N5O.HI/c1-23-20(24-10-4-12-27-13-5-11-25(2)14-15-27)26(3)16-17-6-8-18(9-7-17)28-19(21)22;/h6-9,19H,4-5,10-16H2,1-3H3,(H,23,24);1H. The van der Waals surface area contributed by atoms with Gasteiger partial charge in [-0.1, -0.05) is 12.1 Å². The van der Waals surface area contributed by atoms with Crippen molar-refractivity contribution in [2.45, 2.75) is 26.0 Å². The van der Waals surface area contributed by atoms with Crippen LogP contribution in [0.4, 0.5) is 8.78 Å². The van der Waals surface area contributed by atoms with Crippen LogP contribution >= 0.6 is 24.0 Å². The Morgan fingerprint density at radius 2 is 1.93 bits per heavy atom. The molecule has 0 unspecified atom stereocenters. The Labute approximate surface area is 190 Å². The molecule has 2 rings (SSSR count). The van der Waals surface area contributed by atoms with E-state index in [2.05, 4.69) is 31.9 Å². The molecular formula is C20H34F2IN5O. The highest BCUT2D eigenvalue weighted by Crippen LogP contribution is 2.15. The highest BCUT2D eigenvalue weighted by molar-refractivity contribution is 14.0. The molecule has 29 heavy (non-hydrogen) atoms. The van der Waals surface area contributed by atoms with Crippen LogP contribution in [0, 0.1) is 0 Å². The number of nitrogens with one attached hydrogen (secondary N) is 1. The first-order valence-corrected chi connectivity index (χ1v) is 9.84. The number of nitrogens with zero attached hydrogens (tertiary/aromatic N) is 4. The predicted octanol–water partition coefficient (Wildman–Crippen LogP) is 2.94. The minimum absolute atomic E-state index is 0. The lowest BCUT2D eigenvalue weighted by Gasteiger charge is -2.23. The molecule has 1 fully saturated rings. The number of ether oxygens (including phenoxy) is 1. The van der Waals surface area contributed by atoms with Crippen molar-refractivity contribution in [1.82, 2.24) is 20.0 Å². The summed E-state index contributed by atoms with van der Waals surface area (Å²) in [5, 5.41) is 3.41. The summed E-state index contributed by atoms with van der Waals surface area (Å²) in [6.45, 7) is 4.41. The SMILES string of the molecule is CN=C(NCCCN1CCCN(C)CC1)N(C)Cc1ccc(OC(F)F)cc1.I. The molecular weight excluding hydrogens is 491 g/mol. The number of alkyl halides is 2. The number of hydrogen-bond donors (Lipinski definition) is 1. The van der Waals surface area contributed by atoms with Gasteiger partial charge in [0.05, 0.1) is 0 Å². The van der Waals surface area contributed by atoms with Gasteiger partial charge in [-0.2, -0.15) is 8.78 Å². The highest BCUT2D eigenvalue weighted by atomic mass is 127. The van der Waals surface area contributed by atoms with Gasteiger partial charge >= 0.3 is 6.61 Å². The third-order valence-electron chi connectivity index (χ3n) is 4.89. The van der Waals surface area contributed by atoms with Crippen molar-refractivity contribution in [3.8, 4) is 5.75 Å². The quantitative estimate of drug-likeness (QED) is 0.245. The van der Waals surface area contributed by atoms with Crippen molar-refractivity contribution < 1.29 is 13.5 Å². The molecule has 6 nitrogen and oxygen atoms in total. The third-order valence-corrected chi connectivity index (χ3v) is 4.89. The monoisotopic (exact) mass is 525 g/mol. The molecule has 1 aliphatic heterocycles. The lowest BCUT2D eigenvalue weighted by atomic mass is 10.2. The second kappa shape index (κ2) is 13.9. The van der Waals surface area contributed by atoms with Crippen molar-refractivity contribution in [2.24, 2.45) is 4.99 Å². The van der Waals surface area contributed by atoms with E-state index in [9.17, 15) is 8.78 Å². The fourth-order valence-electron chi connectivity index (χ4n) is 3.34. The first-order valence-electron chi connectivity index (χ1n) is 9.84. The molecule has 0 aromatic heterocycles. The Balaban J connectivity index is 0.00000420. The van der Waals surface area contributed by atoms with Crippen molar-refractivity contribution in [3.05, 3.63) is 29.8 Å². The zero-order valence-corrected chi connectivity index (χ0v) is 19.9. The van der Waals surface area contributed by atoms with Crippen molar-refractivity contribution >= 4 is 29.9 Å². The smallest absolute Gasteiger partial charge is 0.387 e. The maximum absolute atomic E-state index is 12.2. The van der Waals surface area contributed by atoms with Gasteiger partial charge in [0.25, 0.3) is 0 Å². The van der Waals surface area contributed by atoms with E-state index in [1.165, 1.54) is 19.5 Å². The summed E-state index contributed by atoms with van der Waals surface area (Å²) in [5.74, 6) is 0.993. The van der Waals surface area contributed by atoms with Crippen LogP contribution in [-0.4, -0.2) is 87.7 Å². The van der Waals surface area contributed by atoms with E-state index in [-0.39, 0.29) is 29.7 Å². The summed E-state index contributed by atoms with van der Waals surface area (Å²) in [6.07, 6.45) is 2.30. The topological polar surface area (TPSA) is 43.3 Å². The number of likely N-dealkylation sites (N-methyl/N-ethyl adjacent to an activating group) is 1. The van der Waals surface area contributed by atoms with Crippen molar-refractivity contribution in [3.63, 3.8) is 0 Å². The summed E-state index contributed by atoms with van der Waals surface area (Å²) in [7, 11) is 5.91. The molecule has 1 aliphatic rings. The molecule has 1 N–H and O–H groups in total. The number of halogens is 3. The Morgan fingerprint density at radius 3 is 2.59 bits per heavy atom. The molecule has 0 bridgehead atoms. The maximum atomic E-state index is 12.2. The molecule has 1 aromatic carbocycles. The van der Waals surface area contributed by atoms with Gasteiger partial charge in [0.1, 0.15) is 5.75 Å². The molecule has 0 amide bonds. The van der Waals surface area contributed by atoms with E-state index in [1.54, 1.807) is 31.3 Å². The average molecular weight is 525 g/mol. The van der Waals surface area contributed by atoms with E-state index in [1.807, 2.05) is 11.9 Å². The van der Waals surface area contributed by atoms with E-state index >= 15 is 0 Å². The molecule has 9 heteroatoms. The number of hydrogen-bond acceptors (Lipinski definition) is 4. The van der Waals surface area contributed by atoms with Crippen LogP contribution in [-0.2, 0) is 6.54 Å². The first-order chi connectivity index (χ1) is 13.5. The van der Waals surface area contributed by atoms with Gasteiger partial charge in [-0.05, 0) is 57.2 Å². The predicted molar refractivity (Wildman–Crippen MR) is 124 cm³/mol. The van der Waals surface area contributed by atoms with Crippen LogP contribution in [0.25, 0.3) is 0 Å². The summed E-state index contributed by atoms with van der Waals surface area (Å²) in [4.78, 5) is 11.3. The molecule has 0 saturated carbocycles. The molecule has 1 saturated heterocycles. The maximum Gasteiger partial charge on any atom is 0.387 e. The Kier molecular flexibility index (Phi) is 12.4. The van der Waals surface area contributed by atoms with Gasteiger partial charge in [0, 0.05) is 40.3 Å². The number of guanidine groups is 1. The zero-order chi connectivity index (χ0) is 20.4. The molecule has 0 atom stereocenters. The molecule has 0 aliphatic carbocycles. The second-order valence-electron chi connectivity index (χ2n) is 7.20. The fraction of sp³-hybridized carbons (Fsp3) is 0.650. The third kappa shape index (κ3) is 9.90. The number of aliphatic imine (C=N–C) groups is 1. The summed E-state index contributed by atoms with van der Waals surface area (Å²) in [5.41, 5.74) is 1.00. The van der Waals surface area contributed by atoms with Gasteiger partial charge in [0.15, 0.2) is 5.96 Å². The largest absolute Gasteiger partial charge is 0.435 e. The second-order valence-corrected chi connectivity index (χ2v) is 7.20. The normalized spacial score (nSPS) is 16.3. The number of benzene rings is 1. The summed E-state index contributed by atoms with van der Waals surface area (Å²) >= 11 is 0. The van der Waals surface area contributed by atoms with Gasteiger partial charge in [0.2, 0.25) is 0 Å². The Bertz CT molecular complexity index is 603. The Morgan fingerprint density at radius 1 is 1.21 bits per heavy atom. The Hall–Kier alpha value is -1.20. The van der Waals surface area contributed by atoms with Crippen LogP contribution in [0.5, 0.6) is 5.75 Å². The lowest BCUT2D eigenvalue weighted by Crippen LogP contribution is -2.40. The van der Waals surface area contributed by atoms with Gasteiger partial charge in [-0.25, -0.2) is 0 Å². The summed E-state index contributed by atoms with van der Waals surface area (Å²) in [6, 6.07) is 6.70. The van der Waals surface area contributed by atoms with Crippen LogP contribution in [0.3, 0.4) is 0 Å². The highest BCUT2D eigenvalue weighted by Gasteiger charge is 2.12. The number of rotatable bonds is 8. The molecule has 0 radical (unpaired) electrons. The van der Waals surface area contributed by atoms with Crippen LogP contribution in [0.1, 0.15) is 18.4 Å². The molecule has 166 valence electrons. The van der Waals surface area contributed by atoms with Gasteiger partial charge < -0.3 is 24.8 Å². The van der Waals surface area contributed by atoms with E-state index in [4.69, 9.17) is 0 Å². The van der Waals surface area contributed by atoms with Crippen LogP contribution in [0.15, 0.2) is 29.3 Å². The molecule has 1 heterocycles. The summed E-state index contributed by atoms with van der Waals surface area (Å²) < 4.78 is 28.8. The van der Waals surface area contributed by atoms with E-state index < -0.39 is 6.61 Å². The van der Waals surface area contributed by atoms with E-state index in [0.29, 0.717) is 6.54 Å². The van der Waals surface area contributed by atoms with Crippen LogP contribution in [0.2, 0.25) is 0 Å². The van der Waals surface area contributed by atoms with Gasteiger partial charge in [-0.15, -0.1) is 24.0 Å². The van der Waals surface area contributed by atoms with Crippen molar-refractivity contribution in [2.75, 3.05) is 60.4 Å². The average Bonchev–Trinajstić information content (AvgIpc) is 2.87. The minimum atomic E-state index is -2.80. The molecule has 1 aromatic rings. The zero-order valence-electron chi connectivity index (χ0n) is 17.6. The fourth-order valence-corrected chi connectivity index (χ4v) is 3.34. The minimum Gasteiger partial charge on any atom is -0.435 e.